The molecule has 5 heteroatoms. The molecule has 2 fully saturated rings. The smallest absolute Gasteiger partial charge is 0.293 e. The number of aromatic nitrogens is 2. The molecule has 0 radical (unpaired) electrons. The lowest BCUT2D eigenvalue weighted by atomic mass is 9.94. The third kappa shape index (κ3) is 3.20. The van der Waals surface area contributed by atoms with Gasteiger partial charge in [-0.3, -0.25) is 4.79 Å². The summed E-state index contributed by atoms with van der Waals surface area (Å²) >= 11 is 0. The third-order valence-corrected chi connectivity index (χ3v) is 4.49. The van der Waals surface area contributed by atoms with E-state index in [9.17, 15) is 4.79 Å². The molecule has 0 aromatic carbocycles. The molecule has 3 rings (SSSR count). The predicted molar refractivity (Wildman–Crippen MR) is 80.1 cm³/mol. The normalized spacial score (nSPS) is 21.1. The zero-order valence-corrected chi connectivity index (χ0v) is 12.2. The molecular formula is C15H24N4O. The summed E-state index contributed by atoms with van der Waals surface area (Å²) in [4.78, 5) is 18.8. The minimum absolute atomic E-state index is 0.0402. The maximum atomic E-state index is 12.2. The van der Waals surface area contributed by atoms with E-state index in [1.165, 1.54) is 25.9 Å². The van der Waals surface area contributed by atoms with Gasteiger partial charge in [0.2, 0.25) is 0 Å². The van der Waals surface area contributed by atoms with E-state index in [0.29, 0.717) is 11.9 Å². The van der Waals surface area contributed by atoms with Crippen molar-refractivity contribution >= 4 is 5.82 Å². The Balaban J connectivity index is 1.51. The predicted octanol–water partition coefficient (Wildman–Crippen LogP) is 1.72. The lowest BCUT2D eigenvalue weighted by molar-refractivity contribution is 0.215. The molecule has 2 aliphatic rings. The number of hydrogen-bond acceptors (Lipinski definition) is 4. The number of likely N-dealkylation sites (tertiary alicyclic amines) is 1. The van der Waals surface area contributed by atoms with Gasteiger partial charge in [-0.1, -0.05) is 0 Å². The molecule has 0 amide bonds. The molecule has 1 saturated heterocycles. The average Bonchev–Trinajstić information content (AvgIpc) is 3.27. The molecule has 110 valence electrons. The van der Waals surface area contributed by atoms with Gasteiger partial charge in [0.15, 0.2) is 5.82 Å². The van der Waals surface area contributed by atoms with Crippen molar-refractivity contribution in [3.8, 4) is 0 Å². The zero-order valence-electron chi connectivity index (χ0n) is 12.2. The second-order valence-corrected chi connectivity index (χ2v) is 6.18. The molecule has 0 atom stereocenters. The van der Waals surface area contributed by atoms with Crippen LogP contribution in [0.25, 0.3) is 0 Å². The topological polar surface area (TPSA) is 50.2 Å². The zero-order chi connectivity index (χ0) is 13.9. The van der Waals surface area contributed by atoms with Crippen molar-refractivity contribution in [2.75, 3.05) is 32.0 Å². The van der Waals surface area contributed by atoms with Crippen LogP contribution in [0.4, 0.5) is 5.82 Å². The second kappa shape index (κ2) is 5.95. The Kier molecular flexibility index (Phi) is 4.05. The maximum absolute atomic E-state index is 12.2. The van der Waals surface area contributed by atoms with Crippen LogP contribution in [0.5, 0.6) is 0 Å². The van der Waals surface area contributed by atoms with Gasteiger partial charge < -0.3 is 14.8 Å². The van der Waals surface area contributed by atoms with E-state index in [1.807, 2.05) is 10.8 Å². The van der Waals surface area contributed by atoms with Crippen molar-refractivity contribution in [3.05, 3.63) is 22.7 Å². The number of anilines is 1. The Labute approximate surface area is 120 Å². The molecule has 2 heterocycles. The van der Waals surface area contributed by atoms with Crippen molar-refractivity contribution in [1.29, 1.82) is 0 Å². The summed E-state index contributed by atoms with van der Waals surface area (Å²) in [5, 5.41) is 3.24. The molecule has 0 spiro atoms. The Bertz CT molecular complexity index is 501. The van der Waals surface area contributed by atoms with Crippen molar-refractivity contribution in [1.82, 2.24) is 14.5 Å². The second-order valence-electron chi connectivity index (χ2n) is 6.18. The molecule has 20 heavy (non-hydrogen) atoms. The first-order valence-corrected chi connectivity index (χ1v) is 7.73. The first-order chi connectivity index (χ1) is 9.74. The van der Waals surface area contributed by atoms with Gasteiger partial charge in [-0.05, 0) is 58.2 Å². The lowest BCUT2D eigenvalue weighted by Crippen LogP contribution is -2.31. The Morgan fingerprint density at radius 3 is 2.75 bits per heavy atom. The Morgan fingerprint density at radius 1 is 1.30 bits per heavy atom. The fourth-order valence-electron chi connectivity index (χ4n) is 2.93. The monoisotopic (exact) mass is 276 g/mol. The molecule has 0 bridgehead atoms. The highest BCUT2D eigenvalue weighted by molar-refractivity contribution is 5.31. The van der Waals surface area contributed by atoms with Gasteiger partial charge in [0.25, 0.3) is 5.56 Å². The van der Waals surface area contributed by atoms with Crippen LogP contribution in [0.1, 0.15) is 38.1 Å². The molecule has 1 saturated carbocycles. The molecule has 1 aromatic rings. The van der Waals surface area contributed by atoms with E-state index < -0.39 is 0 Å². The Hall–Kier alpha value is -1.36. The van der Waals surface area contributed by atoms with E-state index in [0.717, 1.165) is 31.7 Å². The number of hydrogen-bond donors (Lipinski definition) is 1. The van der Waals surface area contributed by atoms with Crippen LogP contribution >= 0.6 is 0 Å². The van der Waals surface area contributed by atoms with Crippen LogP contribution in [0.2, 0.25) is 0 Å². The molecule has 0 unspecified atom stereocenters. The minimum atomic E-state index is 0.0402. The summed E-state index contributed by atoms with van der Waals surface area (Å²) in [5.74, 6) is 1.31. The first kappa shape index (κ1) is 13.6. The summed E-state index contributed by atoms with van der Waals surface area (Å²) in [6.07, 6.45) is 9.46. The summed E-state index contributed by atoms with van der Waals surface area (Å²) in [6.45, 7) is 3.25. The number of rotatable bonds is 5. The summed E-state index contributed by atoms with van der Waals surface area (Å²) < 4.78 is 1.82. The summed E-state index contributed by atoms with van der Waals surface area (Å²) in [5.41, 5.74) is 0.0402. The van der Waals surface area contributed by atoms with Crippen molar-refractivity contribution in [3.63, 3.8) is 0 Å². The van der Waals surface area contributed by atoms with Gasteiger partial charge in [-0.15, -0.1) is 0 Å². The van der Waals surface area contributed by atoms with E-state index >= 15 is 0 Å². The van der Waals surface area contributed by atoms with Gasteiger partial charge in [0, 0.05) is 25.0 Å². The maximum Gasteiger partial charge on any atom is 0.293 e. The number of nitrogens with zero attached hydrogens (tertiary/aromatic N) is 3. The van der Waals surface area contributed by atoms with Crippen molar-refractivity contribution < 1.29 is 0 Å². The molecule has 1 aliphatic heterocycles. The quantitative estimate of drug-likeness (QED) is 0.889. The fraction of sp³-hybridized carbons (Fsp3) is 0.733. The van der Waals surface area contributed by atoms with Crippen LogP contribution < -0.4 is 10.9 Å². The van der Waals surface area contributed by atoms with E-state index in [-0.39, 0.29) is 5.56 Å². The van der Waals surface area contributed by atoms with Gasteiger partial charge in [-0.25, -0.2) is 4.98 Å². The average molecular weight is 276 g/mol. The fourth-order valence-corrected chi connectivity index (χ4v) is 2.93. The van der Waals surface area contributed by atoms with Gasteiger partial charge in [-0.2, -0.15) is 0 Å². The van der Waals surface area contributed by atoms with E-state index in [1.54, 1.807) is 6.20 Å². The van der Waals surface area contributed by atoms with Crippen LogP contribution in [-0.2, 0) is 0 Å². The van der Waals surface area contributed by atoms with Gasteiger partial charge >= 0.3 is 0 Å². The summed E-state index contributed by atoms with van der Waals surface area (Å²) in [7, 11) is 2.18. The third-order valence-electron chi connectivity index (χ3n) is 4.49. The molecule has 1 aliphatic carbocycles. The highest BCUT2D eigenvalue weighted by Crippen LogP contribution is 2.33. The van der Waals surface area contributed by atoms with Gasteiger partial charge in [0.1, 0.15) is 0 Å². The summed E-state index contributed by atoms with van der Waals surface area (Å²) in [6, 6.07) is 0.417. The molecule has 1 aromatic heterocycles. The number of nitrogens with one attached hydrogen (secondary N) is 1. The van der Waals surface area contributed by atoms with Crippen molar-refractivity contribution in [2.24, 2.45) is 5.92 Å². The lowest BCUT2D eigenvalue weighted by Gasteiger charge is -2.28. The van der Waals surface area contributed by atoms with Crippen LogP contribution in [-0.4, -0.2) is 41.1 Å². The molecule has 5 nitrogen and oxygen atoms in total. The largest absolute Gasteiger partial charge is 0.365 e. The standard InChI is InChI=1S/C15H24N4O/c1-18-9-5-12(6-10-18)4-7-16-14-15(20)19(11-8-17-14)13-2-3-13/h8,11-13H,2-7,9-10H2,1H3,(H,16,17). The molecule has 1 N–H and O–H groups in total. The van der Waals surface area contributed by atoms with E-state index in [2.05, 4.69) is 22.2 Å². The van der Waals surface area contributed by atoms with Crippen molar-refractivity contribution in [2.45, 2.75) is 38.1 Å². The Morgan fingerprint density at radius 2 is 2.05 bits per heavy atom. The number of piperidine rings is 1. The van der Waals surface area contributed by atoms with Crippen LogP contribution in [0.15, 0.2) is 17.2 Å². The van der Waals surface area contributed by atoms with Crippen LogP contribution in [0, 0.1) is 5.92 Å². The van der Waals surface area contributed by atoms with Gasteiger partial charge in [0.05, 0.1) is 0 Å². The minimum Gasteiger partial charge on any atom is -0.365 e. The van der Waals surface area contributed by atoms with Crippen LogP contribution in [0.3, 0.4) is 0 Å². The first-order valence-electron chi connectivity index (χ1n) is 7.73. The highest BCUT2D eigenvalue weighted by Gasteiger charge is 2.25. The SMILES string of the molecule is CN1CCC(CCNc2nccn(C3CC3)c2=O)CC1. The molecular weight excluding hydrogens is 252 g/mol. The highest BCUT2D eigenvalue weighted by atomic mass is 16.1. The van der Waals surface area contributed by atoms with E-state index in [4.69, 9.17) is 0 Å².